The van der Waals surface area contributed by atoms with Gasteiger partial charge in [-0.2, -0.15) is 0 Å². The van der Waals surface area contributed by atoms with E-state index in [9.17, 15) is 4.79 Å². The van der Waals surface area contributed by atoms with Crippen molar-refractivity contribution in [3.63, 3.8) is 0 Å². The zero-order chi connectivity index (χ0) is 16.7. The Morgan fingerprint density at radius 1 is 1.21 bits per heavy atom. The molecule has 0 aromatic carbocycles. The van der Waals surface area contributed by atoms with Crippen molar-refractivity contribution in [1.82, 2.24) is 14.9 Å². The van der Waals surface area contributed by atoms with E-state index in [-0.39, 0.29) is 23.7 Å². The molecule has 3 atom stereocenters. The van der Waals surface area contributed by atoms with E-state index in [0.29, 0.717) is 11.5 Å². The van der Waals surface area contributed by atoms with Crippen LogP contribution in [0.1, 0.15) is 60.6 Å². The van der Waals surface area contributed by atoms with Crippen LogP contribution in [0, 0.1) is 0 Å². The molecule has 1 aliphatic heterocycles. The fourth-order valence-corrected chi connectivity index (χ4v) is 4.29. The zero-order valence-electron chi connectivity index (χ0n) is 14.4. The third-order valence-electron chi connectivity index (χ3n) is 6.00. The van der Waals surface area contributed by atoms with Crippen LogP contribution in [0.2, 0.25) is 0 Å². The Morgan fingerprint density at radius 3 is 2.58 bits per heavy atom. The number of carbonyl (C=O) groups is 1. The number of nitrogens with zero attached hydrogens (tertiary/aromatic N) is 3. The molecule has 1 amide bonds. The molecule has 1 saturated heterocycles. The molecule has 0 radical (unpaired) electrons. The minimum Gasteiger partial charge on any atom is -0.381 e. The number of rotatable bonds is 4. The van der Waals surface area contributed by atoms with Gasteiger partial charge < -0.3 is 14.4 Å². The molecule has 6 heteroatoms. The molecule has 0 spiro atoms. The smallest absolute Gasteiger partial charge is 0.257 e. The molecular weight excluding hydrogens is 306 g/mol. The summed E-state index contributed by atoms with van der Waals surface area (Å²) >= 11 is 0. The van der Waals surface area contributed by atoms with Gasteiger partial charge in [0, 0.05) is 39.1 Å². The molecule has 6 nitrogen and oxygen atoms in total. The van der Waals surface area contributed by atoms with Gasteiger partial charge in [-0.05, 0) is 38.5 Å². The largest absolute Gasteiger partial charge is 0.381 e. The van der Waals surface area contributed by atoms with Gasteiger partial charge in [-0.15, -0.1) is 0 Å². The van der Waals surface area contributed by atoms with Gasteiger partial charge in [0.15, 0.2) is 0 Å². The molecule has 3 fully saturated rings. The van der Waals surface area contributed by atoms with E-state index < -0.39 is 0 Å². The van der Waals surface area contributed by atoms with Crippen LogP contribution in [0.15, 0.2) is 12.4 Å². The minimum absolute atomic E-state index is 0.0121. The highest BCUT2D eigenvalue weighted by atomic mass is 16.5. The van der Waals surface area contributed by atoms with Crippen molar-refractivity contribution >= 4 is 5.91 Å². The maximum Gasteiger partial charge on any atom is 0.257 e. The van der Waals surface area contributed by atoms with Crippen molar-refractivity contribution in [1.29, 1.82) is 0 Å². The van der Waals surface area contributed by atoms with Crippen LogP contribution in [0.5, 0.6) is 0 Å². The predicted octanol–water partition coefficient (Wildman–Crippen LogP) is 2.15. The molecule has 130 valence electrons. The number of hydrogen-bond donors (Lipinski definition) is 0. The lowest BCUT2D eigenvalue weighted by Crippen LogP contribution is -2.53. The van der Waals surface area contributed by atoms with Gasteiger partial charge >= 0.3 is 0 Å². The summed E-state index contributed by atoms with van der Waals surface area (Å²) in [6.45, 7) is 0.720. The first-order valence-corrected chi connectivity index (χ1v) is 8.88. The standard InChI is InChI=1S/C18H25N3O3/c1-23-14-5-6-18(24-2)7-8-21(15(18)9-14)17(22)13-10-19-16(20-11-13)12-3-4-12/h10-12,14-15H,3-9H2,1-2H3/t14-,15+,18-/m1/s1. The first-order valence-electron chi connectivity index (χ1n) is 8.88. The molecule has 0 bridgehead atoms. The van der Waals surface area contributed by atoms with Gasteiger partial charge in [-0.3, -0.25) is 4.79 Å². The average Bonchev–Trinajstić information content (AvgIpc) is 3.41. The van der Waals surface area contributed by atoms with Gasteiger partial charge in [0.2, 0.25) is 0 Å². The summed E-state index contributed by atoms with van der Waals surface area (Å²) in [6, 6.07) is 0.0665. The fraction of sp³-hybridized carbons (Fsp3) is 0.722. The number of amides is 1. The Balaban J connectivity index is 1.54. The third kappa shape index (κ3) is 2.62. The van der Waals surface area contributed by atoms with Gasteiger partial charge in [-0.25, -0.2) is 9.97 Å². The van der Waals surface area contributed by atoms with Crippen LogP contribution in [0.25, 0.3) is 0 Å². The van der Waals surface area contributed by atoms with Crippen molar-refractivity contribution in [2.45, 2.75) is 62.2 Å². The lowest BCUT2D eigenvalue weighted by atomic mass is 9.79. The van der Waals surface area contributed by atoms with E-state index >= 15 is 0 Å². The van der Waals surface area contributed by atoms with Crippen LogP contribution in [-0.4, -0.2) is 59.3 Å². The Kier molecular flexibility index (Phi) is 4.04. The Morgan fingerprint density at radius 2 is 1.96 bits per heavy atom. The normalized spacial score (nSPS) is 32.7. The summed E-state index contributed by atoms with van der Waals surface area (Å²) in [7, 11) is 3.51. The molecule has 2 heterocycles. The molecule has 0 unspecified atom stereocenters. The topological polar surface area (TPSA) is 64.6 Å². The highest BCUT2D eigenvalue weighted by molar-refractivity contribution is 5.94. The Bertz CT molecular complexity index is 616. The van der Waals surface area contributed by atoms with Crippen molar-refractivity contribution in [3.8, 4) is 0 Å². The summed E-state index contributed by atoms with van der Waals surface area (Å²) in [6.07, 6.45) is 9.54. The summed E-state index contributed by atoms with van der Waals surface area (Å²) in [5, 5.41) is 0. The maximum absolute atomic E-state index is 13.0. The Labute approximate surface area is 142 Å². The number of fused-ring (bicyclic) bond motifs is 1. The first kappa shape index (κ1) is 16.0. The zero-order valence-corrected chi connectivity index (χ0v) is 14.4. The summed E-state index contributed by atoms with van der Waals surface area (Å²) in [5.41, 5.74) is 0.352. The van der Waals surface area contributed by atoms with E-state index in [1.165, 1.54) is 0 Å². The van der Waals surface area contributed by atoms with Crippen LogP contribution < -0.4 is 0 Å². The highest BCUT2D eigenvalue weighted by Gasteiger charge is 2.52. The molecule has 1 aromatic rings. The summed E-state index contributed by atoms with van der Waals surface area (Å²) in [5.74, 6) is 1.39. The summed E-state index contributed by atoms with van der Waals surface area (Å²) < 4.78 is 11.4. The number of methoxy groups -OCH3 is 2. The number of aromatic nitrogens is 2. The highest BCUT2D eigenvalue weighted by Crippen LogP contribution is 2.43. The SMILES string of the molecule is CO[C@@H]1CC[C@@]2(OC)CCN(C(=O)c3cnc(C4CC4)nc3)[C@H]2C1. The minimum atomic E-state index is -0.223. The predicted molar refractivity (Wildman–Crippen MR) is 87.8 cm³/mol. The van der Waals surface area contributed by atoms with Crippen molar-refractivity contribution < 1.29 is 14.3 Å². The van der Waals surface area contributed by atoms with Crippen LogP contribution >= 0.6 is 0 Å². The number of ether oxygens (including phenoxy) is 2. The lowest BCUT2D eigenvalue weighted by Gasteiger charge is -2.43. The number of carbonyl (C=O) groups excluding carboxylic acids is 1. The second kappa shape index (κ2) is 6.08. The fourth-order valence-electron chi connectivity index (χ4n) is 4.29. The van der Waals surface area contributed by atoms with Gasteiger partial charge in [0.25, 0.3) is 5.91 Å². The Hall–Kier alpha value is -1.53. The third-order valence-corrected chi connectivity index (χ3v) is 6.00. The van der Waals surface area contributed by atoms with Crippen LogP contribution in [-0.2, 0) is 9.47 Å². The summed E-state index contributed by atoms with van der Waals surface area (Å²) in [4.78, 5) is 23.7. The molecule has 24 heavy (non-hydrogen) atoms. The van der Waals surface area contributed by atoms with E-state index in [0.717, 1.165) is 50.9 Å². The second-order valence-electron chi connectivity index (χ2n) is 7.27. The molecule has 1 aromatic heterocycles. The lowest BCUT2D eigenvalue weighted by molar-refractivity contribution is -0.0893. The van der Waals surface area contributed by atoms with Gasteiger partial charge in [-0.1, -0.05) is 0 Å². The van der Waals surface area contributed by atoms with Crippen molar-refractivity contribution in [2.75, 3.05) is 20.8 Å². The first-order chi connectivity index (χ1) is 11.7. The quantitative estimate of drug-likeness (QED) is 0.846. The van der Waals surface area contributed by atoms with Crippen LogP contribution in [0.4, 0.5) is 0 Å². The molecule has 0 N–H and O–H groups in total. The van der Waals surface area contributed by atoms with Gasteiger partial charge in [0.1, 0.15) is 5.82 Å². The molecular formula is C18H25N3O3. The average molecular weight is 331 g/mol. The molecule has 2 aliphatic carbocycles. The maximum atomic E-state index is 13.0. The van der Waals surface area contributed by atoms with Crippen LogP contribution in [0.3, 0.4) is 0 Å². The number of likely N-dealkylation sites (tertiary alicyclic amines) is 1. The van der Waals surface area contributed by atoms with Crippen molar-refractivity contribution in [2.24, 2.45) is 0 Å². The van der Waals surface area contributed by atoms with Gasteiger partial charge in [0.05, 0.1) is 23.3 Å². The monoisotopic (exact) mass is 331 g/mol. The number of hydrogen-bond acceptors (Lipinski definition) is 5. The molecule has 2 saturated carbocycles. The van der Waals surface area contributed by atoms with E-state index in [4.69, 9.17) is 9.47 Å². The van der Waals surface area contributed by atoms with Crippen molar-refractivity contribution in [3.05, 3.63) is 23.8 Å². The van der Waals surface area contributed by atoms with E-state index in [2.05, 4.69) is 9.97 Å². The molecule has 3 aliphatic rings. The van der Waals surface area contributed by atoms with E-state index in [1.807, 2.05) is 4.90 Å². The second-order valence-corrected chi connectivity index (χ2v) is 7.27. The molecule has 4 rings (SSSR count). The van der Waals surface area contributed by atoms with E-state index in [1.54, 1.807) is 26.6 Å².